The van der Waals surface area contributed by atoms with Crippen LogP contribution in [0.15, 0.2) is 53.4 Å². The Hall–Kier alpha value is -2.47. The van der Waals surface area contributed by atoms with Gasteiger partial charge in [-0.15, -0.1) is 11.8 Å². The van der Waals surface area contributed by atoms with Crippen LogP contribution < -0.4 is 15.4 Å². The number of hydrogen-bond acceptors (Lipinski definition) is 4. The first-order chi connectivity index (χ1) is 13.1. The normalized spacial score (nSPS) is 14.0. The minimum atomic E-state index is -0.0843. The molecule has 0 heterocycles. The molecule has 1 aliphatic carbocycles. The summed E-state index contributed by atoms with van der Waals surface area (Å²) >= 11 is 1.46. The van der Waals surface area contributed by atoms with Crippen LogP contribution in [0.25, 0.3) is 0 Å². The van der Waals surface area contributed by atoms with Crippen LogP contribution in [-0.4, -0.2) is 30.7 Å². The number of carbonyl (C=O) groups excluding carboxylic acids is 2. The van der Waals surface area contributed by atoms with Crippen LogP contribution in [0.1, 0.15) is 36.0 Å². The molecule has 1 aliphatic rings. The van der Waals surface area contributed by atoms with Gasteiger partial charge in [-0.25, -0.2) is 0 Å². The number of carbonyl (C=O) groups is 2. The summed E-state index contributed by atoms with van der Waals surface area (Å²) in [6.07, 6.45) is 4.49. The molecule has 0 unspecified atom stereocenters. The molecule has 2 aromatic carbocycles. The molecule has 27 heavy (non-hydrogen) atoms. The van der Waals surface area contributed by atoms with E-state index in [4.69, 9.17) is 4.74 Å². The van der Waals surface area contributed by atoms with E-state index < -0.39 is 0 Å². The fraction of sp³-hybridized carbons (Fsp3) is 0.333. The number of benzene rings is 2. The molecule has 5 nitrogen and oxygen atoms in total. The molecule has 0 radical (unpaired) electrons. The molecule has 2 aromatic rings. The number of ether oxygens (including phenoxy) is 1. The lowest BCUT2D eigenvalue weighted by atomic mass is 10.1. The van der Waals surface area contributed by atoms with Gasteiger partial charge >= 0.3 is 0 Å². The molecule has 0 spiro atoms. The fourth-order valence-electron chi connectivity index (χ4n) is 3.06. The summed E-state index contributed by atoms with van der Waals surface area (Å²) in [5.41, 5.74) is 1.31. The highest BCUT2D eigenvalue weighted by Gasteiger charge is 2.17. The molecule has 0 bridgehead atoms. The van der Waals surface area contributed by atoms with Gasteiger partial charge in [0.25, 0.3) is 5.91 Å². The highest BCUT2D eigenvalue weighted by molar-refractivity contribution is 8.00. The van der Waals surface area contributed by atoms with Crippen LogP contribution in [0.3, 0.4) is 0 Å². The first-order valence-corrected chi connectivity index (χ1v) is 10.1. The lowest BCUT2D eigenvalue weighted by molar-refractivity contribution is -0.113. The molecule has 0 atom stereocenters. The molecule has 0 saturated heterocycles. The van der Waals surface area contributed by atoms with Crippen molar-refractivity contribution in [1.29, 1.82) is 0 Å². The number of rotatable bonds is 7. The van der Waals surface area contributed by atoms with Gasteiger partial charge in [0.2, 0.25) is 5.91 Å². The summed E-state index contributed by atoms with van der Waals surface area (Å²) in [5.74, 6) is 0.977. The van der Waals surface area contributed by atoms with E-state index in [2.05, 4.69) is 10.6 Å². The summed E-state index contributed by atoms with van der Waals surface area (Å²) in [6.45, 7) is 0. The van der Waals surface area contributed by atoms with Crippen molar-refractivity contribution in [2.24, 2.45) is 0 Å². The third-order valence-corrected chi connectivity index (χ3v) is 5.56. The standard InChI is InChI=1S/C21H24N2O3S/c1-26-18-10-12-19(13-11-18)27-14-20(24)22-17-8-6-15(7-9-17)21(25)23-16-4-2-3-5-16/h6-13,16H,2-5,14H2,1H3,(H,22,24)(H,23,25). The summed E-state index contributed by atoms with van der Waals surface area (Å²) in [5, 5.41) is 5.92. The molecule has 6 heteroatoms. The summed E-state index contributed by atoms with van der Waals surface area (Å²) in [6, 6.07) is 14.9. The molecule has 1 saturated carbocycles. The minimum Gasteiger partial charge on any atom is -0.497 e. The van der Waals surface area contributed by atoms with E-state index in [0.717, 1.165) is 23.5 Å². The number of hydrogen-bond donors (Lipinski definition) is 2. The van der Waals surface area contributed by atoms with Gasteiger partial charge in [0.05, 0.1) is 12.9 Å². The average molecular weight is 385 g/mol. The van der Waals surface area contributed by atoms with Gasteiger partial charge in [-0.3, -0.25) is 9.59 Å². The summed E-state index contributed by atoms with van der Waals surface area (Å²) in [7, 11) is 1.62. The van der Waals surface area contributed by atoms with Gasteiger partial charge < -0.3 is 15.4 Å². The Morgan fingerprint density at radius 2 is 1.70 bits per heavy atom. The van der Waals surface area contributed by atoms with Crippen molar-refractivity contribution in [3.63, 3.8) is 0 Å². The molecule has 1 fully saturated rings. The zero-order valence-corrected chi connectivity index (χ0v) is 16.2. The molecular weight excluding hydrogens is 360 g/mol. The van der Waals surface area contributed by atoms with E-state index in [9.17, 15) is 9.59 Å². The zero-order chi connectivity index (χ0) is 19.1. The van der Waals surface area contributed by atoms with Gasteiger partial charge in [0, 0.05) is 22.2 Å². The Morgan fingerprint density at radius 3 is 2.33 bits per heavy atom. The molecule has 0 aliphatic heterocycles. The van der Waals surface area contributed by atoms with E-state index >= 15 is 0 Å². The first kappa shape index (κ1) is 19.3. The van der Waals surface area contributed by atoms with Crippen LogP contribution in [-0.2, 0) is 4.79 Å². The van der Waals surface area contributed by atoms with Gasteiger partial charge in [0.15, 0.2) is 0 Å². The van der Waals surface area contributed by atoms with Gasteiger partial charge in [-0.2, -0.15) is 0 Å². The molecular formula is C21H24N2O3S. The van der Waals surface area contributed by atoms with Crippen molar-refractivity contribution in [3.8, 4) is 5.75 Å². The Kier molecular flexibility index (Phi) is 6.76. The summed E-state index contributed by atoms with van der Waals surface area (Å²) in [4.78, 5) is 25.4. The van der Waals surface area contributed by atoms with Crippen molar-refractivity contribution in [3.05, 3.63) is 54.1 Å². The maximum Gasteiger partial charge on any atom is 0.251 e. The van der Waals surface area contributed by atoms with Crippen molar-refractivity contribution < 1.29 is 14.3 Å². The van der Waals surface area contributed by atoms with Crippen LogP contribution in [0.2, 0.25) is 0 Å². The Labute approximate surface area is 163 Å². The Bertz CT molecular complexity index is 769. The summed E-state index contributed by atoms with van der Waals surface area (Å²) < 4.78 is 5.12. The minimum absolute atomic E-state index is 0.0464. The second-order valence-corrected chi connectivity index (χ2v) is 7.59. The highest BCUT2D eigenvalue weighted by atomic mass is 32.2. The lowest BCUT2D eigenvalue weighted by Crippen LogP contribution is -2.32. The molecule has 0 aromatic heterocycles. The van der Waals surface area contributed by atoms with Crippen molar-refractivity contribution in [1.82, 2.24) is 5.32 Å². The van der Waals surface area contributed by atoms with Crippen LogP contribution in [0.5, 0.6) is 5.75 Å². The molecule has 3 rings (SSSR count). The SMILES string of the molecule is COc1ccc(SCC(=O)Nc2ccc(C(=O)NC3CCCC3)cc2)cc1. The van der Waals surface area contributed by atoms with E-state index in [1.54, 1.807) is 31.4 Å². The number of methoxy groups -OCH3 is 1. The molecule has 142 valence electrons. The van der Waals surface area contributed by atoms with E-state index in [-0.39, 0.29) is 11.8 Å². The maximum atomic E-state index is 12.2. The van der Waals surface area contributed by atoms with E-state index in [1.165, 1.54) is 24.6 Å². The van der Waals surface area contributed by atoms with Gasteiger partial charge in [-0.05, 0) is 61.4 Å². The number of thioether (sulfide) groups is 1. The Morgan fingerprint density at radius 1 is 1.04 bits per heavy atom. The highest BCUT2D eigenvalue weighted by Crippen LogP contribution is 2.22. The monoisotopic (exact) mass is 384 g/mol. The van der Waals surface area contributed by atoms with Crippen molar-refractivity contribution >= 4 is 29.3 Å². The fourth-order valence-corrected chi connectivity index (χ4v) is 3.76. The predicted molar refractivity (Wildman–Crippen MR) is 109 cm³/mol. The quantitative estimate of drug-likeness (QED) is 0.706. The third kappa shape index (κ3) is 5.76. The van der Waals surface area contributed by atoms with E-state index in [0.29, 0.717) is 23.0 Å². The van der Waals surface area contributed by atoms with Crippen molar-refractivity contribution in [2.45, 2.75) is 36.6 Å². The zero-order valence-electron chi connectivity index (χ0n) is 15.4. The van der Waals surface area contributed by atoms with Gasteiger partial charge in [0.1, 0.15) is 5.75 Å². The predicted octanol–water partition coefficient (Wildman–Crippen LogP) is 4.10. The number of nitrogens with one attached hydrogen (secondary N) is 2. The second kappa shape index (κ2) is 9.46. The smallest absolute Gasteiger partial charge is 0.251 e. The molecule has 2 N–H and O–H groups in total. The lowest BCUT2D eigenvalue weighted by Gasteiger charge is -2.12. The second-order valence-electron chi connectivity index (χ2n) is 6.54. The van der Waals surface area contributed by atoms with Crippen molar-refractivity contribution in [2.75, 3.05) is 18.2 Å². The van der Waals surface area contributed by atoms with Crippen LogP contribution >= 0.6 is 11.8 Å². The van der Waals surface area contributed by atoms with Crippen LogP contribution in [0.4, 0.5) is 5.69 Å². The van der Waals surface area contributed by atoms with Crippen LogP contribution in [0, 0.1) is 0 Å². The molecule has 2 amide bonds. The average Bonchev–Trinajstić information content (AvgIpc) is 3.20. The van der Waals surface area contributed by atoms with E-state index in [1.807, 2.05) is 24.3 Å². The number of anilines is 1. The number of amides is 2. The Balaban J connectivity index is 1.46. The maximum absolute atomic E-state index is 12.2. The largest absolute Gasteiger partial charge is 0.497 e. The topological polar surface area (TPSA) is 67.4 Å². The third-order valence-electron chi connectivity index (χ3n) is 4.55. The van der Waals surface area contributed by atoms with Gasteiger partial charge in [-0.1, -0.05) is 12.8 Å². The first-order valence-electron chi connectivity index (χ1n) is 9.11.